The molecule has 3 rings (SSSR count). The summed E-state index contributed by atoms with van der Waals surface area (Å²) < 4.78 is 0. The van der Waals surface area contributed by atoms with E-state index in [-0.39, 0.29) is 0 Å². The number of carbonyl (C=O) groups is 1. The van der Waals surface area contributed by atoms with E-state index in [1.807, 2.05) is 4.90 Å². The van der Waals surface area contributed by atoms with Gasteiger partial charge in [-0.3, -0.25) is 4.79 Å². The smallest absolute Gasteiger partial charge is 0.226 e. The summed E-state index contributed by atoms with van der Waals surface area (Å²) in [5.41, 5.74) is 3.76. The summed E-state index contributed by atoms with van der Waals surface area (Å²) in [5, 5.41) is 4.47. The topological polar surface area (TPSA) is 34.4 Å². The average Bonchev–Trinajstić information content (AvgIpc) is 2.52. The Hall–Kier alpha value is -1.35. The molecule has 3 nitrogen and oxygen atoms in total. The van der Waals surface area contributed by atoms with Crippen molar-refractivity contribution in [3.8, 4) is 0 Å². The number of nitrogens with zero attached hydrogens (tertiary/aromatic N) is 2. The van der Waals surface area contributed by atoms with Crippen LogP contribution in [0.3, 0.4) is 0 Å². The molecule has 0 spiro atoms. The minimum absolute atomic E-state index is 0.297. The SMILES string of the molecule is Cc1ccc2c(c1)CCCN2C(=O)CCC1CCC[N]C1. The van der Waals surface area contributed by atoms with Gasteiger partial charge in [0.05, 0.1) is 0 Å². The summed E-state index contributed by atoms with van der Waals surface area (Å²) in [4.78, 5) is 14.6. The van der Waals surface area contributed by atoms with Gasteiger partial charge in [-0.05, 0) is 56.6 Å². The van der Waals surface area contributed by atoms with Crippen molar-refractivity contribution in [2.24, 2.45) is 5.92 Å². The summed E-state index contributed by atoms with van der Waals surface area (Å²) in [5.74, 6) is 0.926. The van der Waals surface area contributed by atoms with Crippen LogP contribution < -0.4 is 10.2 Å². The van der Waals surface area contributed by atoms with Gasteiger partial charge in [0.25, 0.3) is 0 Å². The Labute approximate surface area is 127 Å². The number of piperidine rings is 1. The van der Waals surface area contributed by atoms with Crippen molar-refractivity contribution in [3.63, 3.8) is 0 Å². The molecule has 0 bridgehead atoms. The Morgan fingerprint density at radius 1 is 1.38 bits per heavy atom. The fourth-order valence-electron chi connectivity index (χ4n) is 3.54. The first-order valence-corrected chi connectivity index (χ1v) is 8.27. The average molecular weight is 285 g/mol. The Bertz CT molecular complexity index is 506. The maximum Gasteiger partial charge on any atom is 0.226 e. The van der Waals surface area contributed by atoms with Crippen LogP contribution in [0.4, 0.5) is 5.69 Å². The lowest BCUT2D eigenvalue weighted by molar-refractivity contribution is -0.119. The van der Waals surface area contributed by atoms with Gasteiger partial charge < -0.3 is 4.90 Å². The predicted molar refractivity (Wildman–Crippen MR) is 85.7 cm³/mol. The molecule has 1 aromatic carbocycles. The molecule has 0 saturated carbocycles. The highest BCUT2D eigenvalue weighted by Gasteiger charge is 2.23. The number of fused-ring (bicyclic) bond motifs is 1. The van der Waals surface area contributed by atoms with Crippen LogP contribution in [0.2, 0.25) is 0 Å². The van der Waals surface area contributed by atoms with Crippen LogP contribution in [-0.2, 0) is 11.2 Å². The highest BCUT2D eigenvalue weighted by Crippen LogP contribution is 2.29. The van der Waals surface area contributed by atoms with Crippen LogP contribution in [-0.4, -0.2) is 25.5 Å². The fraction of sp³-hybridized carbons (Fsp3) is 0.611. The molecule has 1 aromatic rings. The quantitative estimate of drug-likeness (QED) is 0.840. The molecule has 21 heavy (non-hydrogen) atoms. The number of anilines is 1. The molecule has 2 aliphatic heterocycles. The summed E-state index contributed by atoms with van der Waals surface area (Å²) in [6, 6.07) is 6.47. The summed E-state index contributed by atoms with van der Waals surface area (Å²) in [6.07, 6.45) is 6.30. The molecular weight excluding hydrogens is 260 g/mol. The van der Waals surface area contributed by atoms with E-state index in [1.54, 1.807) is 0 Å². The van der Waals surface area contributed by atoms with Crippen LogP contribution in [0.1, 0.15) is 43.2 Å². The van der Waals surface area contributed by atoms with E-state index >= 15 is 0 Å². The molecule has 113 valence electrons. The molecule has 3 heteroatoms. The molecule has 1 saturated heterocycles. The molecule has 0 aliphatic carbocycles. The second-order valence-corrected chi connectivity index (χ2v) is 6.46. The molecule has 0 N–H and O–H groups in total. The van der Waals surface area contributed by atoms with Crippen molar-refractivity contribution in [1.82, 2.24) is 5.32 Å². The summed E-state index contributed by atoms with van der Waals surface area (Å²) >= 11 is 0. The van der Waals surface area contributed by atoms with Crippen LogP contribution in [0.15, 0.2) is 18.2 Å². The first-order valence-electron chi connectivity index (χ1n) is 8.27. The Morgan fingerprint density at radius 2 is 2.29 bits per heavy atom. The molecule has 1 fully saturated rings. The zero-order valence-electron chi connectivity index (χ0n) is 13.0. The number of carbonyl (C=O) groups excluding carboxylic acids is 1. The maximum absolute atomic E-state index is 12.6. The maximum atomic E-state index is 12.6. The van der Waals surface area contributed by atoms with Gasteiger partial charge in [-0.15, -0.1) is 0 Å². The minimum Gasteiger partial charge on any atom is -0.312 e. The standard InChI is InChI=1S/C18H25N2O/c1-14-6-8-17-16(12-14)5-3-11-20(17)18(21)9-7-15-4-2-10-19-13-15/h6,8,12,15H,2-5,7,9-11,13H2,1H3. The fourth-order valence-corrected chi connectivity index (χ4v) is 3.54. The second kappa shape index (κ2) is 6.61. The van der Waals surface area contributed by atoms with E-state index in [4.69, 9.17) is 0 Å². The number of amides is 1. The van der Waals surface area contributed by atoms with Crippen molar-refractivity contribution >= 4 is 11.6 Å². The number of hydrogen-bond acceptors (Lipinski definition) is 1. The summed E-state index contributed by atoms with van der Waals surface area (Å²) in [6.45, 7) is 4.98. The van der Waals surface area contributed by atoms with Crippen molar-refractivity contribution in [2.45, 2.75) is 45.4 Å². The lowest BCUT2D eigenvalue weighted by Gasteiger charge is -2.30. The number of hydrogen-bond donors (Lipinski definition) is 0. The van der Waals surface area contributed by atoms with E-state index in [0.717, 1.165) is 44.6 Å². The molecule has 1 amide bonds. The van der Waals surface area contributed by atoms with E-state index in [1.165, 1.54) is 24.0 Å². The predicted octanol–water partition coefficient (Wildman–Crippen LogP) is 3.07. The van der Waals surface area contributed by atoms with Gasteiger partial charge in [-0.25, -0.2) is 5.32 Å². The van der Waals surface area contributed by atoms with Gasteiger partial charge in [-0.1, -0.05) is 17.7 Å². The highest BCUT2D eigenvalue weighted by molar-refractivity contribution is 5.94. The van der Waals surface area contributed by atoms with Gasteiger partial charge in [-0.2, -0.15) is 0 Å². The van der Waals surface area contributed by atoms with E-state index < -0.39 is 0 Å². The molecule has 1 radical (unpaired) electrons. The highest BCUT2D eigenvalue weighted by atomic mass is 16.2. The Kier molecular flexibility index (Phi) is 4.59. The van der Waals surface area contributed by atoms with Gasteiger partial charge in [0.15, 0.2) is 0 Å². The molecule has 1 unspecified atom stereocenters. The van der Waals surface area contributed by atoms with Gasteiger partial charge in [0.2, 0.25) is 5.91 Å². The third-order valence-corrected chi connectivity index (χ3v) is 4.74. The molecule has 2 heterocycles. The van der Waals surface area contributed by atoms with Gasteiger partial charge >= 0.3 is 0 Å². The number of benzene rings is 1. The molecular formula is C18H25N2O. The zero-order chi connectivity index (χ0) is 14.7. The van der Waals surface area contributed by atoms with E-state index in [2.05, 4.69) is 30.4 Å². The first kappa shape index (κ1) is 14.6. The van der Waals surface area contributed by atoms with E-state index in [0.29, 0.717) is 18.2 Å². The van der Waals surface area contributed by atoms with Crippen molar-refractivity contribution in [1.29, 1.82) is 0 Å². The lowest BCUT2D eigenvalue weighted by atomic mass is 9.94. The van der Waals surface area contributed by atoms with Crippen molar-refractivity contribution < 1.29 is 4.79 Å². The number of rotatable bonds is 3. The molecule has 1 atom stereocenters. The van der Waals surface area contributed by atoms with E-state index in [9.17, 15) is 4.79 Å². The summed E-state index contributed by atoms with van der Waals surface area (Å²) in [7, 11) is 0. The van der Waals surface area contributed by atoms with Crippen LogP contribution in [0.25, 0.3) is 0 Å². The minimum atomic E-state index is 0.297. The largest absolute Gasteiger partial charge is 0.312 e. The first-order chi connectivity index (χ1) is 10.2. The normalized spacial score (nSPS) is 22.0. The monoisotopic (exact) mass is 285 g/mol. The zero-order valence-corrected chi connectivity index (χ0v) is 13.0. The molecule has 0 aromatic heterocycles. The third-order valence-electron chi connectivity index (χ3n) is 4.74. The Morgan fingerprint density at radius 3 is 3.10 bits per heavy atom. The van der Waals surface area contributed by atoms with Gasteiger partial charge in [0.1, 0.15) is 0 Å². The lowest BCUT2D eigenvalue weighted by Crippen LogP contribution is -2.36. The molecule has 2 aliphatic rings. The van der Waals surface area contributed by atoms with Crippen molar-refractivity contribution in [2.75, 3.05) is 24.5 Å². The van der Waals surface area contributed by atoms with Crippen molar-refractivity contribution in [3.05, 3.63) is 29.3 Å². The van der Waals surface area contributed by atoms with Crippen LogP contribution in [0, 0.1) is 12.8 Å². The van der Waals surface area contributed by atoms with Crippen LogP contribution >= 0.6 is 0 Å². The number of aryl methyl sites for hydroxylation is 2. The van der Waals surface area contributed by atoms with Gasteiger partial charge in [0, 0.05) is 31.7 Å². The third kappa shape index (κ3) is 3.46. The Balaban J connectivity index is 1.63. The van der Waals surface area contributed by atoms with Crippen LogP contribution in [0.5, 0.6) is 0 Å². The second-order valence-electron chi connectivity index (χ2n) is 6.46.